The van der Waals surface area contributed by atoms with Gasteiger partial charge in [0.15, 0.2) is 5.11 Å². The molecule has 0 saturated heterocycles. The molecule has 0 aliphatic heterocycles. The Bertz CT molecular complexity index is 486. The third kappa shape index (κ3) is 2.46. The molecule has 92 valence electrons. The average Bonchev–Trinajstić information content (AvgIpc) is 2.54. The number of nitrogens with two attached hydrogens (primary N) is 1. The minimum atomic E-state index is 0.158. The van der Waals surface area contributed by atoms with Crippen LogP contribution in [-0.2, 0) is 6.42 Å². The van der Waals surface area contributed by atoms with Crippen molar-refractivity contribution in [2.24, 2.45) is 16.3 Å². The first kappa shape index (κ1) is 12.0. The van der Waals surface area contributed by atoms with Gasteiger partial charge in [0, 0.05) is 11.3 Å². The first-order valence-electron chi connectivity index (χ1n) is 5.55. The molecule has 0 bridgehead atoms. The highest BCUT2D eigenvalue weighted by Crippen LogP contribution is 2.35. The fourth-order valence-corrected chi connectivity index (χ4v) is 2.31. The average molecular weight is 251 g/mol. The predicted molar refractivity (Wildman–Crippen MR) is 71.9 cm³/mol. The van der Waals surface area contributed by atoms with Gasteiger partial charge in [0.25, 0.3) is 0 Å². The summed E-state index contributed by atoms with van der Waals surface area (Å²) in [6, 6.07) is 0. The minimum Gasteiger partial charge on any atom is -0.375 e. The molecule has 17 heavy (non-hydrogen) atoms. The molecule has 1 heterocycles. The third-order valence-corrected chi connectivity index (χ3v) is 3.00. The Labute approximate surface area is 106 Å². The molecule has 5 nitrogen and oxygen atoms in total. The van der Waals surface area contributed by atoms with Gasteiger partial charge in [-0.15, -0.1) is 0 Å². The number of thiocarbonyl (C=S) groups is 1. The first-order chi connectivity index (χ1) is 7.89. The summed E-state index contributed by atoms with van der Waals surface area (Å²) in [6.45, 7) is 6.41. The van der Waals surface area contributed by atoms with E-state index in [1.807, 2.05) is 6.92 Å². The maximum Gasteiger partial charge on any atom is 0.184 e. The summed E-state index contributed by atoms with van der Waals surface area (Å²) in [5.74, 6) is 0. The summed E-state index contributed by atoms with van der Waals surface area (Å²) in [5, 5.41) is 11.8. The van der Waals surface area contributed by atoms with Crippen molar-refractivity contribution in [3.05, 3.63) is 17.0 Å². The van der Waals surface area contributed by atoms with Crippen molar-refractivity contribution in [1.29, 1.82) is 0 Å². The number of hydrazone groups is 1. The van der Waals surface area contributed by atoms with Crippen LogP contribution in [0.25, 0.3) is 0 Å². The fourth-order valence-electron chi connectivity index (χ4n) is 2.27. The molecule has 0 fully saturated rings. The molecule has 0 amide bonds. The zero-order chi connectivity index (χ0) is 12.6. The second kappa shape index (κ2) is 4.10. The highest BCUT2D eigenvalue weighted by Gasteiger charge is 2.32. The van der Waals surface area contributed by atoms with Gasteiger partial charge >= 0.3 is 0 Å². The lowest BCUT2D eigenvalue weighted by atomic mass is 9.75. The number of nitrogens with zero attached hydrogens (tertiary/aromatic N) is 2. The summed E-state index contributed by atoms with van der Waals surface area (Å²) in [4.78, 5) is 0. The Morgan fingerprint density at radius 1 is 1.53 bits per heavy atom. The van der Waals surface area contributed by atoms with E-state index in [0.717, 1.165) is 35.5 Å². The Morgan fingerprint density at radius 2 is 2.24 bits per heavy atom. The van der Waals surface area contributed by atoms with Crippen LogP contribution in [0, 0.1) is 12.3 Å². The molecule has 0 saturated carbocycles. The van der Waals surface area contributed by atoms with E-state index in [-0.39, 0.29) is 10.5 Å². The molecule has 1 aliphatic rings. The normalized spacial score (nSPS) is 20.1. The van der Waals surface area contributed by atoms with Gasteiger partial charge in [-0.2, -0.15) is 10.2 Å². The molecule has 1 aromatic rings. The molecule has 4 N–H and O–H groups in total. The third-order valence-electron chi connectivity index (χ3n) is 2.90. The van der Waals surface area contributed by atoms with Gasteiger partial charge in [-0.05, 0) is 37.4 Å². The molecular formula is C11H17N5S. The lowest BCUT2D eigenvalue weighted by Crippen LogP contribution is -2.31. The molecule has 6 heteroatoms. The van der Waals surface area contributed by atoms with Crippen molar-refractivity contribution in [2.45, 2.75) is 33.6 Å². The smallest absolute Gasteiger partial charge is 0.184 e. The highest BCUT2D eigenvalue weighted by molar-refractivity contribution is 7.80. The SMILES string of the molecule is Cc1[nH]nc2c1/C(=N\NC(N)=S)CC(C)(C)C2. The van der Waals surface area contributed by atoms with Gasteiger partial charge in [-0.1, -0.05) is 13.8 Å². The van der Waals surface area contributed by atoms with Crippen LogP contribution in [0.15, 0.2) is 5.10 Å². The summed E-state index contributed by atoms with van der Waals surface area (Å²) in [7, 11) is 0. The lowest BCUT2D eigenvalue weighted by Gasteiger charge is -2.29. The molecule has 2 rings (SSSR count). The van der Waals surface area contributed by atoms with E-state index in [1.165, 1.54) is 0 Å². The minimum absolute atomic E-state index is 0.158. The Balaban J connectivity index is 2.41. The monoisotopic (exact) mass is 251 g/mol. The van der Waals surface area contributed by atoms with E-state index in [4.69, 9.17) is 18.0 Å². The zero-order valence-corrected chi connectivity index (χ0v) is 11.1. The summed E-state index contributed by atoms with van der Waals surface area (Å²) in [6.07, 6.45) is 1.84. The van der Waals surface area contributed by atoms with Gasteiger partial charge in [0.05, 0.1) is 11.4 Å². The number of fused-ring (bicyclic) bond motifs is 1. The number of aromatic amines is 1. The van der Waals surface area contributed by atoms with Crippen LogP contribution in [0.2, 0.25) is 0 Å². The number of hydrogen-bond donors (Lipinski definition) is 3. The number of rotatable bonds is 1. The van der Waals surface area contributed by atoms with E-state index in [0.29, 0.717) is 0 Å². The topological polar surface area (TPSA) is 79.1 Å². The molecule has 0 aromatic carbocycles. The van der Waals surface area contributed by atoms with Gasteiger partial charge in [-0.3, -0.25) is 10.5 Å². The van der Waals surface area contributed by atoms with Crippen LogP contribution in [0.4, 0.5) is 0 Å². The second-order valence-electron chi connectivity index (χ2n) is 5.22. The molecule has 0 spiro atoms. The quantitative estimate of drug-likeness (QED) is 0.518. The van der Waals surface area contributed by atoms with Crippen LogP contribution in [0.5, 0.6) is 0 Å². The van der Waals surface area contributed by atoms with E-state index in [2.05, 4.69) is 34.6 Å². The highest BCUT2D eigenvalue weighted by atomic mass is 32.1. The molecule has 1 aromatic heterocycles. The maximum atomic E-state index is 5.40. The van der Waals surface area contributed by atoms with E-state index in [1.54, 1.807) is 0 Å². The number of nitrogens with one attached hydrogen (secondary N) is 2. The van der Waals surface area contributed by atoms with Crippen molar-refractivity contribution in [3.8, 4) is 0 Å². The Kier molecular flexibility index (Phi) is 2.91. The molecular weight excluding hydrogens is 234 g/mol. The molecule has 1 aliphatic carbocycles. The number of aromatic nitrogens is 2. The van der Waals surface area contributed by atoms with Gasteiger partial charge in [0.2, 0.25) is 0 Å². The van der Waals surface area contributed by atoms with Gasteiger partial charge < -0.3 is 5.73 Å². The molecule has 0 atom stereocenters. The molecule has 0 radical (unpaired) electrons. The standard InChI is InChI=1S/C11H17N5S/c1-6-9-7(14-13-6)4-11(2,3)5-8(9)15-16-10(12)17/h4-5H2,1-3H3,(H,13,14)(H3,12,16,17)/b15-8-. The van der Waals surface area contributed by atoms with Crippen LogP contribution in [0.3, 0.4) is 0 Å². The maximum absolute atomic E-state index is 5.40. The predicted octanol–water partition coefficient (Wildman–Crippen LogP) is 1.23. The van der Waals surface area contributed by atoms with E-state index in [9.17, 15) is 0 Å². The number of H-pyrrole nitrogens is 1. The Morgan fingerprint density at radius 3 is 2.88 bits per heavy atom. The van der Waals surface area contributed by atoms with Crippen LogP contribution in [0.1, 0.15) is 37.2 Å². The second-order valence-corrected chi connectivity index (χ2v) is 5.66. The number of aryl methyl sites for hydroxylation is 1. The van der Waals surface area contributed by atoms with Crippen molar-refractivity contribution < 1.29 is 0 Å². The van der Waals surface area contributed by atoms with E-state index >= 15 is 0 Å². The summed E-state index contributed by atoms with van der Waals surface area (Å²) >= 11 is 4.77. The summed E-state index contributed by atoms with van der Waals surface area (Å²) in [5.41, 5.74) is 12.4. The summed E-state index contributed by atoms with van der Waals surface area (Å²) < 4.78 is 0. The zero-order valence-electron chi connectivity index (χ0n) is 10.3. The first-order valence-corrected chi connectivity index (χ1v) is 5.96. The lowest BCUT2D eigenvalue weighted by molar-refractivity contribution is 0.367. The Hall–Kier alpha value is -1.43. The van der Waals surface area contributed by atoms with Crippen LogP contribution in [-0.4, -0.2) is 21.0 Å². The van der Waals surface area contributed by atoms with E-state index < -0.39 is 0 Å². The van der Waals surface area contributed by atoms with Crippen molar-refractivity contribution >= 4 is 23.0 Å². The van der Waals surface area contributed by atoms with Crippen molar-refractivity contribution in [1.82, 2.24) is 15.6 Å². The fraction of sp³-hybridized carbons (Fsp3) is 0.545. The van der Waals surface area contributed by atoms with Crippen LogP contribution >= 0.6 is 12.2 Å². The van der Waals surface area contributed by atoms with Crippen molar-refractivity contribution in [3.63, 3.8) is 0 Å². The van der Waals surface area contributed by atoms with Crippen molar-refractivity contribution in [2.75, 3.05) is 0 Å². The van der Waals surface area contributed by atoms with Gasteiger partial charge in [-0.25, -0.2) is 0 Å². The van der Waals surface area contributed by atoms with Gasteiger partial charge in [0.1, 0.15) is 0 Å². The van der Waals surface area contributed by atoms with Crippen LogP contribution < -0.4 is 11.2 Å². The number of hydrogen-bond acceptors (Lipinski definition) is 3. The molecule has 0 unspecified atom stereocenters. The largest absolute Gasteiger partial charge is 0.375 e.